The summed E-state index contributed by atoms with van der Waals surface area (Å²) in [4.78, 5) is 10.3. The van der Waals surface area contributed by atoms with Crippen LogP contribution in [0.15, 0.2) is 36.4 Å². The number of amides is 1. The molecule has 0 aliphatic heterocycles. The van der Waals surface area contributed by atoms with Crippen LogP contribution in [0.5, 0.6) is 0 Å². The minimum atomic E-state index is 0.104. The average molecular weight is 265 g/mol. The van der Waals surface area contributed by atoms with E-state index in [1.807, 2.05) is 36.4 Å². The predicted octanol–water partition coefficient (Wildman–Crippen LogP) is 1.56. The van der Waals surface area contributed by atoms with Crippen LogP contribution in [0, 0.1) is 0 Å². The van der Waals surface area contributed by atoms with Gasteiger partial charge in [-0.1, -0.05) is 0 Å². The molecule has 0 saturated carbocycles. The first-order valence-corrected chi connectivity index (χ1v) is 6.17. The Balaban J connectivity index is 2.38. The molecule has 1 heterocycles. The summed E-state index contributed by atoms with van der Waals surface area (Å²) in [5, 5.41) is 2.64. The molecule has 0 aliphatic rings. The molecule has 76 valence electrons. The van der Waals surface area contributed by atoms with Gasteiger partial charge in [0.1, 0.15) is 0 Å². The van der Waals surface area contributed by atoms with Crippen molar-refractivity contribution >= 4 is 31.2 Å². The second-order valence-electron chi connectivity index (χ2n) is 3.02. The molecular formula is C11H10N2OSe. The quantitative estimate of drug-likeness (QED) is 0.653. The second-order valence-corrected chi connectivity index (χ2v) is 5.23. The van der Waals surface area contributed by atoms with E-state index >= 15 is 0 Å². The number of benzene rings is 1. The van der Waals surface area contributed by atoms with Gasteiger partial charge in [-0.15, -0.1) is 0 Å². The Kier molecular flexibility index (Phi) is 2.90. The summed E-state index contributed by atoms with van der Waals surface area (Å²) in [5.74, 6) is 0. The summed E-state index contributed by atoms with van der Waals surface area (Å²) in [5.41, 5.74) is 7.63. The van der Waals surface area contributed by atoms with E-state index < -0.39 is 0 Å². The first kappa shape index (κ1) is 10.0. The SMILES string of the molecule is Nc1cc(-c2ccccc2)[se]c1NC=O. The molecule has 4 heteroatoms. The van der Waals surface area contributed by atoms with E-state index in [1.165, 1.54) is 10.0 Å². The first-order chi connectivity index (χ1) is 7.31. The fraction of sp³-hybridized carbons (Fsp3) is 0. The maximum absolute atomic E-state index is 10.3. The summed E-state index contributed by atoms with van der Waals surface area (Å²) in [6, 6.07) is 12.0. The second kappa shape index (κ2) is 4.34. The standard InChI is InChI=1S/C11H10N2OSe/c12-9-6-10(15-11(9)13-7-14)8-4-2-1-3-5-8/h1-7H,12H2,(H,13,14). The third-order valence-corrected chi connectivity index (χ3v) is 4.38. The minimum absolute atomic E-state index is 0.104. The number of hydrogen-bond donors (Lipinski definition) is 2. The van der Waals surface area contributed by atoms with Gasteiger partial charge in [-0.25, -0.2) is 0 Å². The van der Waals surface area contributed by atoms with Crippen molar-refractivity contribution in [2.45, 2.75) is 0 Å². The Bertz CT molecular complexity index is 465. The van der Waals surface area contributed by atoms with Crippen LogP contribution in [0.2, 0.25) is 0 Å². The zero-order valence-corrected chi connectivity index (χ0v) is 9.65. The third kappa shape index (κ3) is 2.12. The van der Waals surface area contributed by atoms with E-state index in [2.05, 4.69) is 5.32 Å². The van der Waals surface area contributed by atoms with Crippen LogP contribution in [0.3, 0.4) is 0 Å². The van der Waals surface area contributed by atoms with E-state index in [1.54, 1.807) is 0 Å². The number of carbonyl (C=O) groups is 1. The Morgan fingerprint density at radius 3 is 2.67 bits per heavy atom. The summed E-state index contributed by atoms with van der Waals surface area (Å²) >= 11 is 0.104. The van der Waals surface area contributed by atoms with Crippen molar-refractivity contribution in [3.8, 4) is 10.0 Å². The van der Waals surface area contributed by atoms with Gasteiger partial charge in [0.2, 0.25) is 0 Å². The molecule has 1 aromatic carbocycles. The molecule has 3 nitrogen and oxygen atoms in total. The first-order valence-electron chi connectivity index (χ1n) is 4.46. The predicted molar refractivity (Wildman–Crippen MR) is 62.9 cm³/mol. The van der Waals surface area contributed by atoms with Crippen LogP contribution in [0.4, 0.5) is 10.2 Å². The molecule has 0 saturated heterocycles. The third-order valence-electron chi connectivity index (χ3n) is 2.01. The maximum atomic E-state index is 10.3. The van der Waals surface area contributed by atoms with E-state index in [0.29, 0.717) is 12.1 Å². The average Bonchev–Trinajstić information content (AvgIpc) is 2.63. The molecule has 0 atom stereocenters. The Labute approximate surface area is 93.7 Å². The molecule has 0 spiro atoms. The normalized spacial score (nSPS) is 9.87. The molecule has 3 N–H and O–H groups in total. The zero-order chi connectivity index (χ0) is 10.7. The monoisotopic (exact) mass is 266 g/mol. The van der Waals surface area contributed by atoms with Gasteiger partial charge in [0.05, 0.1) is 0 Å². The topological polar surface area (TPSA) is 55.1 Å². The summed E-state index contributed by atoms with van der Waals surface area (Å²) in [7, 11) is 0. The molecule has 15 heavy (non-hydrogen) atoms. The molecule has 1 aromatic heterocycles. The number of nitrogens with one attached hydrogen (secondary N) is 1. The Morgan fingerprint density at radius 2 is 2.00 bits per heavy atom. The zero-order valence-electron chi connectivity index (χ0n) is 7.94. The Morgan fingerprint density at radius 1 is 1.27 bits per heavy atom. The van der Waals surface area contributed by atoms with Crippen molar-refractivity contribution in [2.24, 2.45) is 0 Å². The Hall–Kier alpha value is -1.51. The van der Waals surface area contributed by atoms with Gasteiger partial charge < -0.3 is 0 Å². The van der Waals surface area contributed by atoms with Gasteiger partial charge >= 0.3 is 93.4 Å². The molecule has 1 amide bonds. The van der Waals surface area contributed by atoms with E-state index in [0.717, 1.165) is 4.56 Å². The molecule has 0 aliphatic carbocycles. The van der Waals surface area contributed by atoms with Gasteiger partial charge in [-0.3, -0.25) is 0 Å². The number of rotatable bonds is 3. The molecular weight excluding hydrogens is 255 g/mol. The van der Waals surface area contributed by atoms with Gasteiger partial charge in [-0.05, 0) is 0 Å². The van der Waals surface area contributed by atoms with Gasteiger partial charge in [-0.2, -0.15) is 0 Å². The van der Waals surface area contributed by atoms with E-state index in [-0.39, 0.29) is 14.5 Å². The number of nitrogen functional groups attached to an aromatic ring is 1. The summed E-state index contributed by atoms with van der Waals surface area (Å²) in [6.45, 7) is 0. The molecule has 0 fully saturated rings. The molecule has 2 aromatic rings. The van der Waals surface area contributed by atoms with Crippen molar-refractivity contribution < 1.29 is 4.79 Å². The van der Waals surface area contributed by atoms with Crippen LogP contribution in [-0.4, -0.2) is 20.9 Å². The fourth-order valence-corrected chi connectivity index (χ4v) is 3.30. The van der Waals surface area contributed by atoms with Crippen LogP contribution in [0.1, 0.15) is 0 Å². The van der Waals surface area contributed by atoms with Gasteiger partial charge in [0.25, 0.3) is 0 Å². The number of hydrogen-bond acceptors (Lipinski definition) is 2. The molecule has 0 bridgehead atoms. The summed E-state index contributed by atoms with van der Waals surface area (Å²) < 4.78 is 2.04. The van der Waals surface area contributed by atoms with Crippen LogP contribution in [0.25, 0.3) is 10.0 Å². The van der Waals surface area contributed by atoms with Crippen molar-refractivity contribution in [2.75, 3.05) is 11.1 Å². The van der Waals surface area contributed by atoms with Crippen molar-refractivity contribution in [1.82, 2.24) is 0 Å². The molecule has 2 rings (SSSR count). The number of nitrogens with two attached hydrogens (primary N) is 1. The van der Waals surface area contributed by atoms with E-state index in [9.17, 15) is 4.79 Å². The fourth-order valence-electron chi connectivity index (χ4n) is 1.32. The van der Waals surface area contributed by atoms with Crippen LogP contribution in [-0.2, 0) is 4.79 Å². The van der Waals surface area contributed by atoms with E-state index in [4.69, 9.17) is 5.73 Å². The van der Waals surface area contributed by atoms with Gasteiger partial charge in [0, 0.05) is 0 Å². The molecule has 0 radical (unpaired) electrons. The van der Waals surface area contributed by atoms with Crippen molar-refractivity contribution in [3.63, 3.8) is 0 Å². The number of anilines is 2. The molecule has 0 unspecified atom stereocenters. The number of carbonyl (C=O) groups excluding carboxylic acids is 1. The van der Waals surface area contributed by atoms with Crippen LogP contribution >= 0.6 is 0 Å². The van der Waals surface area contributed by atoms with Crippen LogP contribution < -0.4 is 11.1 Å². The van der Waals surface area contributed by atoms with Crippen molar-refractivity contribution in [3.05, 3.63) is 36.4 Å². The summed E-state index contributed by atoms with van der Waals surface area (Å²) in [6.07, 6.45) is 0.672. The van der Waals surface area contributed by atoms with Crippen molar-refractivity contribution in [1.29, 1.82) is 0 Å². The van der Waals surface area contributed by atoms with Gasteiger partial charge in [0.15, 0.2) is 0 Å².